The highest BCUT2D eigenvalue weighted by Crippen LogP contribution is 2.07. The van der Waals surface area contributed by atoms with Crippen molar-refractivity contribution in [2.45, 2.75) is 19.9 Å². The van der Waals surface area contributed by atoms with Crippen molar-refractivity contribution in [1.82, 2.24) is 9.55 Å². The summed E-state index contributed by atoms with van der Waals surface area (Å²) in [6.07, 6.45) is 2.47. The molecule has 0 aliphatic carbocycles. The largest absolute Gasteiger partial charge is 0.467 e. The van der Waals surface area contributed by atoms with Crippen LogP contribution in [0, 0.1) is 6.92 Å². The van der Waals surface area contributed by atoms with Crippen LogP contribution in [0.2, 0.25) is 0 Å². The second-order valence-corrected chi connectivity index (χ2v) is 3.18. The molecule has 84 valence electrons. The van der Waals surface area contributed by atoms with Crippen molar-refractivity contribution >= 4 is 6.47 Å². The van der Waals surface area contributed by atoms with Crippen molar-refractivity contribution < 1.29 is 14.3 Å². The lowest BCUT2D eigenvalue weighted by molar-refractivity contribution is -0.128. The smallest absolute Gasteiger partial charge is 0.293 e. The number of hydrogen-bond acceptors (Lipinski definition) is 4. The number of carbonyl (C=O) groups is 1. The van der Waals surface area contributed by atoms with Crippen LogP contribution in [0.4, 0.5) is 0 Å². The van der Waals surface area contributed by atoms with Crippen LogP contribution in [0.1, 0.15) is 11.4 Å². The first-order valence-corrected chi connectivity index (χ1v) is 4.84. The summed E-state index contributed by atoms with van der Waals surface area (Å²) in [5.74, 6) is 0. The highest BCUT2D eigenvalue weighted by molar-refractivity contribution is 5.36. The van der Waals surface area contributed by atoms with Crippen LogP contribution in [0.25, 0.3) is 0 Å². The molecule has 5 heteroatoms. The summed E-state index contributed by atoms with van der Waals surface area (Å²) in [5, 5.41) is 0. The van der Waals surface area contributed by atoms with Gasteiger partial charge in [0, 0.05) is 25.8 Å². The SMILES string of the molecule is COCCn1cnc(C)c1CCOC=O. The quantitative estimate of drug-likeness (QED) is 0.489. The Hall–Kier alpha value is -1.36. The fourth-order valence-electron chi connectivity index (χ4n) is 1.42. The summed E-state index contributed by atoms with van der Waals surface area (Å²) < 4.78 is 11.7. The Bertz CT molecular complexity index is 310. The molecule has 0 aliphatic rings. The van der Waals surface area contributed by atoms with Gasteiger partial charge in [0.25, 0.3) is 6.47 Å². The molecular weight excluding hydrogens is 196 g/mol. The number of aromatic nitrogens is 2. The van der Waals surface area contributed by atoms with E-state index in [4.69, 9.17) is 4.74 Å². The minimum Gasteiger partial charge on any atom is -0.467 e. The number of carbonyl (C=O) groups excluding carboxylic acids is 1. The van der Waals surface area contributed by atoms with Crippen LogP contribution in [-0.4, -0.2) is 36.3 Å². The van der Waals surface area contributed by atoms with E-state index in [-0.39, 0.29) is 0 Å². The second-order valence-electron chi connectivity index (χ2n) is 3.18. The summed E-state index contributed by atoms with van der Waals surface area (Å²) >= 11 is 0. The van der Waals surface area contributed by atoms with Gasteiger partial charge in [0.15, 0.2) is 0 Å². The van der Waals surface area contributed by atoms with E-state index >= 15 is 0 Å². The molecule has 1 aromatic rings. The molecule has 0 unspecified atom stereocenters. The number of nitrogens with zero attached hydrogens (tertiary/aromatic N) is 2. The van der Waals surface area contributed by atoms with E-state index in [0.717, 1.165) is 17.9 Å². The highest BCUT2D eigenvalue weighted by atomic mass is 16.5. The molecule has 0 atom stereocenters. The predicted molar refractivity (Wildman–Crippen MR) is 54.6 cm³/mol. The number of imidazole rings is 1. The molecule has 1 aromatic heterocycles. The zero-order valence-electron chi connectivity index (χ0n) is 9.10. The maximum Gasteiger partial charge on any atom is 0.293 e. The lowest BCUT2D eigenvalue weighted by Crippen LogP contribution is -2.09. The molecule has 0 saturated heterocycles. The first-order valence-electron chi connectivity index (χ1n) is 4.84. The van der Waals surface area contributed by atoms with Crippen molar-refractivity contribution in [1.29, 1.82) is 0 Å². The van der Waals surface area contributed by atoms with Crippen LogP contribution in [0.15, 0.2) is 6.33 Å². The van der Waals surface area contributed by atoms with E-state index in [1.807, 2.05) is 11.5 Å². The molecule has 0 saturated carbocycles. The maximum atomic E-state index is 10.0. The average Bonchev–Trinajstić information content (AvgIpc) is 2.58. The summed E-state index contributed by atoms with van der Waals surface area (Å²) in [6, 6.07) is 0. The van der Waals surface area contributed by atoms with Gasteiger partial charge in [-0.2, -0.15) is 0 Å². The Balaban J connectivity index is 2.57. The first kappa shape index (κ1) is 11.7. The molecular formula is C10H16N2O3. The van der Waals surface area contributed by atoms with Crippen molar-refractivity contribution in [2.24, 2.45) is 0 Å². The number of methoxy groups -OCH3 is 1. The third kappa shape index (κ3) is 3.36. The van der Waals surface area contributed by atoms with Gasteiger partial charge in [-0.05, 0) is 6.92 Å². The Morgan fingerprint density at radius 2 is 2.33 bits per heavy atom. The Morgan fingerprint density at radius 3 is 3.00 bits per heavy atom. The summed E-state index contributed by atoms with van der Waals surface area (Å²) in [5.41, 5.74) is 2.06. The minimum absolute atomic E-state index is 0.392. The van der Waals surface area contributed by atoms with Crippen LogP contribution >= 0.6 is 0 Å². The van der Waals surface area contributed by atoms with E-state index in [2.05, 4.69) is 9.72 Å². The molecule has 0 aromatic carbocycles. The predicted octanol–water partition coefficient (Wildman–Crippen LogP) is 0.553. The Kier molecular flexibility index (Phi) is 4.83. The lowest BCUT2D eigenvalue weighted by atomic mass is 10.2. The van der Waals surface area contributed by atoms with Crippen LogP contribution in [0.5, 0.6) is 0 Å². The van der Waals surface area contributed by atoms with Crippen LogP contribution in [0.3, 0.4) is 0 Å². The molecule has 0 radical (unpaired) electrons. The van der Waals surface area contributed by atoms with Crippen molar-refractivity contribution in [2.75, 3.05) is 20.3 Å². The van der Waals surface area contributed by atoms with Gasteiger partial charge in [-0.3, -0.25) is 4.79 Å². The van der Waals surface area contributed by atoms with Gasteiger partial charge in [-0.1, -0.05) is 0 Å². The second kappa shape index (κ2) is 6.19. The molecule has 0 spiro atoms. The topological polar surface area (TPSA) is 53.4 Å². The molecule has 0 aliphatic heterocycles. The average molecular weight is 212 g/mol. The van der Waals surface area contributed by atoms with Gasteiger partial charge in [-0.15, -0.1) is 0 Å². The van der Waals surface area contributed by atoms with Crippen molar-refractivity contribution in [3.05, 3.63) is 17.7 Å². The highest BCUT2D eigenvalue weighted by Gasteiger charge is 2.06. The summed E-state index contributed by atoms with van der Waals surface area (Å²) in [6.45, 7) is 4.22. The van der Waals surface area contributed by atoms with Crippen LogP contribution < -0.4 is 0 Å². The lowest BCUT2D eigenvalue weighted by Gasteiger charge is -2.07. The minimum atomic E-state index is 0.392. The molecule has 0 bridgehead atoms. The van der Waals surface area contributed by atoms with Gasteiger partial charge < -0.3 is 14.0 Å². The zero-order chi connectivity index (χ0) is 11.1. The number of aryl methyl sites for hydroxylation is 1. The van der Waals surface area contributed by atoms with E-state index < -0.39 is 0 Å². The standard InChI is InChI=1S/C10H16N2O3/c1-9-10(3-5-15-8-13)12(7-11-9)4-6-14-2/h7-8H,3-6H2,1-2H3. The zero-order valence-corrected chi connectivity index (χ0v) is 9.10. The number of ether oxygens (including phenoxy) is 2. The maximum absolute atomic E-state index is 10.0. The fourth-order valence-corrected chi connectivity index (χ4v) is 1.42. The van der Waals surface area contributed by atoms with E-state index in [1.54, 1.807) is 13.4 Å². The van der Waals surface area contributed by atoms with Gasteiger partial charge in [0.05, 0.1) is 25.2 Å². The normalized spacial score (nSPS) is 10.3. The molecule has 0 fully saturated rings. The molecule has 1 rings (SSSR count). The van der Waals surface area contributed by atoms with Crippen LogP contribution in [-0.2, 0) is 27.2 Å². The van der Waals surface area contributed by atoms with Gasteiger partial charge >= 0.3 is 0 Å². The van der Waals surface area contributed by atoms with Gasteiger partial charge in [-0.25, -0.2) is 4.98 Å². The summed E-state index contributed by atoms with van der Waals surface area (Å²) in [4.78, 5) is 14.2. The molecule has 1 heterocycles. The Labute approximate surface area is 89.0 Å². The number of rotatable bonds is 7. The Morgan fingerprint density at radius 1 is 1.53 bits per heavy atom. The van der Waals surface area contributed by atoms with Crippen molar-refractivity contribution in [3.8, 4) is 0 Å². The van der Waals surface area contributed by atoms with E-state index in [1.165, 1.54) is 0 Å². The third-order valence-corrected chi connectivity index (χ3v) is 2.22. The monoisotopic (exact) mass is 212 g/mol. The van der Waals surface area contributed by atoms with E-state index in [9.17, 15) is 4.79 Å². The fraction of sp³-hybridized carbons (Fsp3) is 0.600. The molecule has 0 amide bonds. The molecule has 0 N–H and O–H groups in total. The first-order chi connectivity index (χ1) is 7.29. The van der Waals surface area contributed by atoms with Crippen molar-refractivity contribution in [3.63, 3.8) is 0 Å². The molecule has 15 heavy (non-hydrogen) atoms. The third-order valence-electron chi connectivity index (χ3n) is 2.22. The summed E-state index contributed by atoms with van der Waals surface area (Å²) in [7, 11) is 1.67. The van der Waals surface area contributed by atoms with E-state index in [0.29, 0.717) is 26.1 Å². The number of hydrogen-bond donors (Lipinski definition) is 0. The van der Waals surface area contributed by atoms with Gasteiger partial charge in [0.2, 0.25) is 0 Å². The molecule has 5 nitrogen and oxygen atoms in total. The van der Waals surface area contributed by atoms with Gasteiger partial charge in [0.1, 0.15) is 0 Å².